The van der Waals surface area contributed by atoms with Gasteiger partial charge in [-0.3, -0.25) is 4.79 Å². The molecule has 0 radical (unpaired) electrons. The summed E-state index contributed by atoms with van der Waals surface area (Å²) in [6, 6.07) is 5.94. The van der Waals surface area contributed by atoms with Crippen LogP contribution in [0.5, 0.6) is 0 Å². The molecule has 0 saturated heterocycles. The van der Waals surface area contributed by atoms with Crippen LogP contribution in [-0.2, 0) is 4.79 Å². The number of thioether (sulfide) groups is 1. The molecule has 9 heteroatoms. The molecular weight excluding hydrogens is 380 g/mol. The maximum absolute atomic E-state index is 12.4. The fourth-order valence-corrected chi connectivity index (χ4v) is 3.63. The molecule has 134 valence electrons. The van der Waals surface area contributed by atoms with Crippen LogP contribution in [0.1, 0.15) is 11.3 Å². The Morgan fingerprint density at radius 3 is 2.64 bits per heavy atom. The van der Waals surface area contributed by atoms with Crippen molar-refractivity contribution in [3.8, 4) is 11.3 Å². The maximum atomic E-state index is 12.4. The number of aromatic nitrogens is 1. The molecule has 3 amide bonds. The molecule has 1 unspecified atom stereocenters. The molecule has 25 heavy (non-hydrogen) atoms. The average molecular weight is 399 g/mol. The second kappa shape index (κ2) is 9.07. The Balaban J connectivity index is 2.13. The quantitative estimate of drug-likeness (QED) is 0.664. The molecule has 1 aromatic heterocycles. The molecule has 0 bridgehead atoms. The van der Waals surface area contributed by atoms with Crippen molar-refractivity contribution >= 4 is 51.8 Å². The number of carbonyl (C=O) groups excluding carboxylic acids is 2. The van der Waals surface area contributed by atoms with Gasteiger partial charge < -0.3 is 16.4 Å². The highest BCUT2D eigenvalue weighted by molar-refractivity contribution is 7.98. The van der Waals surface area contributed by atoms with E-state index in [1.54, 1.807) is 23.9 Å². The predicted octanol–water partition coefficient (Wildman–Crippen LogP) is 3.50. The molecule has 0 fully saturated rings. The molecule has 0 aliphatic heterocycles. The van der Waals surface area contributed by atoms with E-state index in [1.165, 1.54) is 11.3 Å². The van der Waals surface area contributed by atoms with Crippen molar-refractivity contribution in [2.75, 3.05) is 17.3 Å². The standard InChI is InChI=1S/C16H19ClN4O2S2/c1-9-13(10-3-5-11(17)6-4-10)20-16(25-9)21-14(22)12(7-8-24-2)19-15(18)23/h3-6,12H,7-8H2,1-2H3,(H3,18,19,23)(H,20,21,22). The topological polar surface area (TPSA) is 97.1 Å². The monoisotopic (exact) mass is 398 g/mol. The third kappa shape index (κ3) is 5.62. The van der Waals surface area contributed by atoms with Gasteiger partial charge in [-0.15, -0.1) is 11.3 Å². The van der Waals surface area contributed by atoms with Gasteiger partial charge in [0.2, 0.25) is 5.91 Å². The van der Waals surface area contributed by atoms with E-state index in [0.717, 1.165) is 21.9 Å². The minimum atomic E-state index is -0.724. The van der Waals surface area contributed by atoms with Crippen molar-refractivity contribution in [2.45, 2.75) is 19.4 Å². The number of halogens is 1. The van der Waals surface area contributed by atoms with E-state index in [1.807, 2.05) is 25.3 Å². The van der Waals surface area contributed by atoms with Crippen LogP contribution in [0.4, 0.5) is 9.93 Å². The number of nitrogens with zero attached hydrogens (tertiary/aromatic N) is 1. The number of carbonyl (C=O) groups is 2. The summed E-state index contributed by atoms with van der Waals surface area (Å²) >= 11 is 8.88. The van der Waals surface area contributed by atoms with Crippen molar-refractivity contribution in [1.29, 1.82) is 0 Å². The summed E-state index contributed by atoms with van der Waals surface area (Å²) in [6.45, 7) is 1.93. The molecule has 1 atom stereocenters. The smallest absolute Gasteiger partial charge is 0.312 e. The number of rotatable bonds is 7. The number of amides is 3. The molecule has 2 rings (SSSR count). The third-order valence-electron chi connectivity index (χ3n) is 3.39. The van der Waals surface area contributed by atoms with Gasteiger partial charge in [-0.2, -0.15) is 11.8 Å². The fraction of sp³-hybridized carbons (Fsp3) is 0.312. The van der Waals surface area contributed by atoms with Crippen LogP contribution in [0, 0.1) is 6.92 Å². The molecule has 4 N–H and O–H groups in total. The Kier molecular flexibility index (Phi) is 7.10. The number of nitrogens with one attached hydrogen (secondary N) is 2. The highest BCUT2D eigenvalue weighted by Gasteiger charge is 2.21. The van der Waals surface area contributed by atoms with E-state index >= 15 is 0 Å². The lowest BCUT2D eigenvalue weighted by Gasteiger charge is -2.15. The molecule has 0 saturated carbocycles. The Morgan fingerprint density at radius 2 is 2.04 bits per heavy atom. The first kappa shape index (κ1) is 19.6. The van der Waals surface area contributed by atoms with Crippen LogP contribution in [0.25, 0.3) is 11.3 Å². The van der Waals surface area contributed by atoms with Gasteiger partial charge >= 0.3 is 6.03 Å². The lowest BCUT2D eigenvalue weighted by atomic mass is 10.1. The molecule has 1 heterocycles. The number of benzene rings is 1. The number of hydrogen-bond donors (Lipinski definition) is 3. The average Bonchev–Trinajstić information content (AvgIpc) is 2.92. The summed E-state index contributed by atoms with van der Waals surface area (Å²) in [6.07, 6.45) is 2.42. The number of hydrogen-bond acceptors (Lipinski definition) is 5. The first-order chi connectivity index (χ1) is 11.9. The highest BCUT2D eigenvalue weighted by Crippen LogP contribution is 2.31. The molecule has 0 spiro atoms. The number of nitrogens with two attached hydrogens (primary N) is 1. The Hall–Kier alpha value is -1.77. The lowest BCUT2D eigenvalue weighted by molar-refractivity contribution is -0.117. The zero-order chi connectivity index (χ0) is 18.4. The van der Waals surface area contributed by atoms with Gasteiger partial charge in [-0.05, 0) is 37.5 Å². The maximum Gasteiger partial charge on any atom is 0.312 e. The van der Waals surface area contributed by atoms with Gasteiger partial charge in [0.05, 0.1) is 5.69 Å². The Labute approximate surface area is 159 Å². The zero-order valence-electron chi connectivity index (χ0n) is 13.8. The molecule has 1 aromatic carbocycles. The van der Waals surface area contributed by atoms with Gasteiger partial charge in [-0.1, -0.05) is 23.7 Å². The minimum Gasteiger partial charge on any atom is -0.352 e. The first-order valence-electron chi connectivity index (χ1n) is 7.50. The molecule has 2 aromatic rings. The summed E-state index contributed by atoms with van der Waals surface area (Å²) in [5.41, 5.74) is 6.87. The molecular formula is C16H19ClN4O2S2. The normalized spacial score (nSPS) is 11.8. The predicted molar refractivity (Wildman–Crippen MR) is 105 cm³/mol. The largest absolute Gasteiger partial charge is 0.352 e. The first-order valence-corrected chi connectivity index (χ1v) is 10.1. The van der Waals surface area contributed by atoms with Crippen LogP contribution >= 0.6 is 34.7 Å². The number of anilines is 1. The zero-order valence-corrected chi connectivity index (χ0v) is 16.2. The van der Waals surface area contributed by atoms with Crippen LogP contribution in [0.3, 0.4) is 0 Å². The number of thiazole rings is 1. The second-order valence-corrected chi connectivity index (χ2v) is 7.89. The Bertz CT molecular complexity index is 749. The summed E-state index contributed by atoms with van der Waals surface area (Å²) in [7, 11) is 0. The SMILES string of the molecule is CSCCC(NC(N)=O)C(=O)Nc1nc(-c2ccc(Cl)cc2)c(C)s1. The van der Waals surface area contributed by atoms with E-state index in [9.17, 15) is 9.59 Å². The van der Waals surface area contributed by atoms with Crippen LogP contribution in [-0.4, -0.2) is 35.0 Å². The van der Waals surface area contributed by atoms with Crippen molar-refractivity contribution in [2.24, 2.45) is 5.73 Å². The Morgan fingerprint density at radius 1 is 1.36 bits per heavy atom. The van der Waals surface area contributed by atoms with Gasteiger partial charge in [0, 0.05) is 15.5 Å². The van der Waals surface area contributed by atoms with Crippen LogP contribution < -0.4 is 16.4 Å². The fourth-order valence-electron chi connectivity index (χ4n) is 2.19. The van der Waals surface area contributed by atoms with Gasteiger partial charge in [-0.25, -0.2) is 9.78 Å². The van der Waals surface area contributed by atoms with E-state index in [-0.39, 0.29) is 5.91 Å². The van der Waals surface area contributed by atoms with Gasteiger partial charge in [0.15, 0.2) is 5.13 Å². The minimum absolute atomic E-state index is 0.329. The van der Waals surface area contributed by atoms with Crippen molar-refractivity contribution in [3.63, 3.8) is 0 Å². The van der Waals surface area contributed by atoms with E-state index < -0.39 is 12.1 Å². The summed E-state index contributed by atoms with van der Waals surface area (Å²) in [5, 5.41) is 6.36. The number of aryl methyl sites for hydroxylation is 1. The molecule has 0 aliphatic rings. The summed E-state index contributed by atoms with van der Waals surface area (Å²) in [4.78, 5) is 29.0. The van der Waals surface area contributed by atoms with Crippen molar-refractivity contribution < 1.29 is 9.59 Å². The van der Waals surface area contributed by atoms with E-state index in [4.69, 9.17) is 17.3 Å². The molecule has 6 nitrogen and oxygen atoms in total. The van der Waals surface area contributed by atoms with Crippen molar-refractivity contribution in [1.82, 2.24) is 10.3 Å². The third-order valence-corrected chi connectivity index (χ3v) is 5.17. The number of urea groups is 1. The lowest BCUT2D eigenvalue weighted by Crippen LogP contribution is -2.46. The van der Waals surface area contributed by atoms with Crippen LogP contribution in [0.2, 0.25) is 5.02 Å². The van der Waals surface area contributed by atoms with Crippen molar-refractivity contribution in [3.05, 3.63) is 34.2 Å². The van der Waals surface area contributed by atoms with Crippen LogP contribution in [0.15, 0.2) is 24.3 Å². The summed E-state index contributed by atoms with van der Waals surface area (Å²) < 4.78 is 0. The molecule has 0 aliphatic carbocycles. The second-order valence-electron chi connectivity index (χ2n) is 5.26. The number of primary amides is 1. The summed E-state index contributed by atoms with van der Waals surface area (Å²) in [5.74, 6) is 0.398. The van der Waals surface area contributed by atoms with E-state index in [0.29, 0.717) is 16.6 Å². The highest BCUT2D eigenvalue weighted by atomic mass is 35.5. The van der Waals surface area contributed by atoms with Gasteiger partial charge in [0.25, 0.3) is 0 Å². The van der Waals surface area contributed by atoms with E-state index in [2.05, 4.69) is 15.6 Å². The van der Waals surface area contributed by atoms with Gasteiger partial charge in [0.1, 0.15) is 6.04 Å².